The second-order valence-electron chi connectivity index (χ2n) is 6.69. The summed E-state index contributed by atoms with van der Waals surface area (Å²) in [5.41, 5.74) is 6.03. The van der Waals surface area contributed by atoms with Crippen LogP contribution in [0.15, 0.2) is 30.5 Å². The third-order valence-corrected chi connectivity index (χ3v) is 5.07. The zero-order chi connectivity index (χ0) is 21.3. The van der Waals surface area contributed by atoms with Crippen molar-refractivity contribution in [1.29, 1.82) is 0 Å². The van der Waals surface area contributed by atoms with E-state index in [4.69, 9.17) is 10.5 Å². The van der Waals surface area contributed by atoms with Gasteiger partial charge in [0.05, 0.1) is 11.8 Å². The van der Waals surface area contributed by atoms with Crippen molar-refractivity contribution in [3.8, 4) is 5.88 Å². The van der Waals surface area contributed by atoms with E-state index in [0.29, 0.717) is 16.3 Å². The molecule has 2 amide bonds. The predicted molar refractivity (Wildman–Crippen MR) is 109 cm³/mol. The zero-order valence-electron chi connectivity index (χ0n) is 15.8. The summed E-state index contributed by atoms with van der Waals surface area (Å²) in [6, 6.07) is 5.54. The van der Waals surface area contributed by atoms with Crippen molar-refractivity contribution in [3.63, 3.8) is 0 Å². The molecule has 4 rings (SSSR count). The van der Waals surface area contributed by atoms with Gasteiger partial charge < -0.3 is 21.1 Å². The highest BCUT2D eigenvalue weighted by Gasteiger charge is 2.24. The van der Waals surface area contributed by atoms with E-state index in [0.717, 1.165) is 24.2 Å². The fraction of sp³-hybridized carbons (Fsp3) is 0.211. The van der Waals surface area contributed by atoms with Gasteiger partial charge in [-0.25, -0.2) is 9.37 Å². The molecule has 1 aliphatic carbocycles. The Bertz CT molecular complexity index is 1110. The monoisotopic (exact) mass is 428 g/mol. The highest BCUT2D eigenvalue weighted by atomic mass is 32.1. The van der Waals surface area contributed by atoms with E-state index in [-0.39, 0.29) is 28.3 Å². The van der Waals surface area contributed by atoms with Crippen LogP contribution in [0.25, 0.3) is 0 Å². The third kappa shape index (κ3) is 4.51. The Morgan fingerprint density at radius 1 is 1.20 bits per heavy atom. The molecule has 0 atom stereocenters. The van der Waals surface area contributed by atoms with Crippen LogP contribution in [-0.2, 0) is 0 Å². The van der Waals surface area contributed by atoms with Gasteiger partial charge in [0.2, 0.25) is 5.88 Å². The second kappa shape index (κ2) is 8.03. The van der Waals surface area contributed by atoms with Gasteiger partial charge in [-0.15, -0.1) is 10.2 Å². The van der Waals surface area contributed by atoms with E-state index in [1.807, 2.05) is 0 Å². The quantitative estimate of drug-likeness (QED) is 0.550. The lowest BCUT2D eigenvalue weighted by Crippen LogP contribution is -2.17. The number of aryl methyl sites for hydroxylation is 1. The number of carbonyl (C=O) groups is 2. The topological polar surface area (TPSA) is 132 Å². The van der Waals surface area contributed by atoms with Crippen LogP contribution in [0.4, 0.5) is 21.0 Å². The normalized spacial score (nSPS) is 13.0. The van der Waals surface area contributed by atoms with E-state index in [2.05, 4.69) is 25.8 Å². The molecule has 4 N–H and O–H groups in total. The van der Waals surface area contributed by atoms with Crippen LogP contribution in [0.1, 0.15) is 38.4 Å². The number of carbonyl (C=O) groups excluding carboxylic acids is 2. The van der Waals surface area contributed by atoms with Gasteiger partial charge in [0.15, 0.2) is 10.9 Å². The van der Waals surface area contributed by atoms with Crippen molar-refractivity contribution in [3.05, 3.63) is 52.3 Å². The largest absolute Gasteiger partial charge is 0.473 e. The van der Waals surface area contributed by atoms with Crippen molar-refractivity contribution in [2.24, 2.45) is 0 Å². The molecule has 2 aromatic heterocycles. The molecule has 3 aromatic rings. The summed E-state index contributed by atoms with van der Waals surface area (Å²) in [5, 5.41) is 13.1. The lowest BCUT2D eigenvalue weighted by Gasteiger charge is -2.11. The first-order valence-corrected chi connectivity index (χ1v) is 9.85. The summed E-state index contributed by atoms with van der Waals surface area (Å²) in [7, 11) is 0. The summed E-state index contributed by atoms with van der Waals surface area (Å²) in [6.07, 6.45) is 3.50. The lowest BCUT2D eigenvalue weighted by molar-refractivity contribution is 0.101. The highest BCUT2D eigenvalue weighted by molar-refractivity contribution is 7.17. The minimum atomic E-state index is -0.730. The highest BCUT2D eigenvalue weighted by Crippen LogP contribution is 2.26. The fourth-order valence-electron chi connectivity index (χ4n) is 2.55. The van der Waals surface area contributed by atoms with Gasteiger partial charge in [0, 0.05) is 11.8 Å². The molecule has 0 spiro atoms. The van der Waals surface area contributed by atoms with Gasteiger partial charge in [0.25, 0.3) is 11.8 Å². The molecule has 0 unspecified atom stereocenters. The molecule has 0 bridgehead atoms. The average molecular weight is 428 g/mol. The molecule has 0 aliphatic heterocycles. The molecule has 1 saturated carbocycles. The second-order valence-corrected chi connectivity index (χ2v) is 7.75. The minimum absolute atomic E-state index is 0.147. The Morgan fingerprint density at radius 2 is 2.00 bits per heavy atom. The third-order valence-electron chi connectivity index (χ3n) is 4.25. The molecule has 1 aliphatic rings. The van der Waals surface area contributed by atoms with E-state index < -0.39 is 17.6 Å². The van der Waals surface area contributed by atoms with Crippen LogP contribution in [0, 0.1) is 12.7 Å². The molecule has 0 radical (unpaired) electrons. The van der Waals surface area contributed by atoms with Crippen LogP contribution in [0.3, 0.4) is 0 Å². The Kier molecular flexibility index (Phi) is 5.27. The summed E-state index contributed by atoms with van der Waals surface area (Å²) in [5.74, 6) is -1.40. The fourth-order valence-corrected chi connectivity index (χ4v) is 3.13. The number of nitrogens with zero attached hydrogens (tertiary/aromatic N) is 3. The molecular formula is C19H17FN6O3S. The van der Waals surface area contributed by atoms with Crippen molar-refractivity contribution >= 4 is 39.8 Å². The molecule has 1 aromatic carbocycles. The number of ether oxygens (including phenoxy) is 1. The summed E-state index contributed by atoms with van der Waals surface area (Å²) in [4.78, 5) is 29.0. The van der Waals surface area contributed by atoms with Crippen LogP contribution < -0.4 is 21.1 Å². The van der Waals surface area contributed by atoms with Gasteiger partial charge in [-0.2, -0.15) is 0 Å². The maximum absolute atomic E-state index is 14.4. The first-order valence-electron chi connectivity index (χ1n) is 9.03. The Balaban J connectivity index is 1.49. The standard InChI is InChI=1S/C19H17FN6O3S/c1-9-6-12(20)11(7-13(9)23-18(28)14-8-22-19(21)30-14)17(27)24-15-4-5-16(26-25-15)29-10-2-3-10/h4-8,10H,2-3H2,1H3,(H2,21,22)(H,23,28)(H,24,25,27). The van der Waals surface area contributed by atoms with Gasteiger partial charge in [0.1, 0.15) is 16.8 Å². The molecule has 11 heteroatoms. The number of nitrogen functional groups attached to an aromatic ring is 1. The summed E-state index contributed by atoms with van der Waals surface area (Å²) in [6.45, 7) is 1.62. The molecule has 1 fully saturated rings. The minimum Gasteiger partial charge on any atom is -0.473 e. The zero-order valence-corrected chi connectivity index (χ0v) is 16.6. The first kappa shape index (κ1) is 19.7. The Morgan fingerprint density at radius 3 is 2.63 bits per heavy atom. The number of halogens is 1. The summed E-state index contributed by atoms with van der Waals surface area (Å²) < 4.78 is 19.9. The SMILES string of the molecule is Cc1cc(F)c(C(=O)Nc2ccc(OC3CC3)nn2)cc1NC(=O)c1cnc(N)s1. The number of nitrogens with one attached hydrogen (secondary N) is 2. The van der Waals surface area contributed by atoms with Crippen LogP contribution in [0.2, 0.25) is 0 Å². The van der Waals surface area contributed by atoms with Crippen LogP contribution in [0.5, 0.6) is 5.88 Å². The maximum atomic E-state index is 14.4. The number of rotatable bonds is 6. The Labute approximate surface area is 174 Å². The van der Waals surface area contributed by atoms with E-state index in [9.17, 15) is 14.0 Å². The molecule has 0 saturated heterocycles. The van der Waals surface area contributed by atoms with Crippen molar-refractivity contribution in [1.82, 2.24) is 15.2 Å². The summed E-state index contributed by atoms with van der Waals surface area (Å²) >= 11 is 1.02. The molecule has 2 heterocycles. The van der Waals surface area contributed by atoms with Gasteiger partial charge >= 0.3 is 0 Å². The van der Waals surface area contributed by atoms with Crippen LogP contribution >= 0.6 is 11.3 Å². The average Bonchev–Trinajstić information content (AvgIpc) is 3.42. The molecule has 30 heavy (non-hydrogen) atoms. The lowest BCUT2D eigenvalue weighted by atomic mass is 10.1. The number of hydrogen-bond acceptors (Lipinski definition) is 8. The maximum Gasteiger partial charge on any atom is 0.267 e. The Hall–Kier alpha value is -3.60. The number of aromatic nitrogens is 3. The molecule has 9 nitrogen and oxygen atoms in total. The van der Waals surface area contributed by atoms with Gasteiger partial charge in [-0.05, 0) is 43.5 Å². The van der Waals surface area contributed by atoms with Gasteiger partial charge in [-0.3, -0.25) is 9.59 Å². The van der Waals surface area contributed by atoms with Crippen molar-refractivity contribution < 1.29 is 18.7 Å². The molecule has 154 valence electrons. The van der Waals surface area contributed by atoms with Crippen LogP contribution in [-0.4, -0.2) is 33.1 Å². The van der Waals surface area contributed by atoms with Gasteiger partial charge in [-0.1, -0.05) is 11.3 Å². The number of amides is 2. The van der Waals surface area contributed by atoms with Crippen molar-refractivity contribution in [2.45, 2.75) is 25.9 Å². The number of nitrogens with two attached hydrogens (primary N) is 1. The number of thiazole rings is 1. The predicted octanol–water partition coefficient (Wildman–Crippen LogP) is 3.01. The number of anilines is 3. The molecular weight excluding hydrogens is 411 g/mol. The first-order chi connectivity index (χ1) is 14.4. The smallest absolute Gasteiger partial charge is 0.267 e. The number of benzene rings is 1. The van der Waals surface area contributed by atoms with E-state index >= 15 is 0 Å². The van der Waals surface area contributed by atoms with Crippen molar-refractivity contribution in [2.75, 3.05) is 16.4 Å². The van der Waals surface area contributed by atoms with E-state index in [1.54, 1.807) is 13.0 Å². The number of hydrogen-bond donors (Lipinski definition) is 3. The van der Waals surface area contributed by atoms with E-state index in [1.165, 1.54) is 24.4 Å².